The van der Waals surface area contributed by atoms with E-state index >= 15 is 0 Å². The summed E-state index contributed by atoms with van der Waals surface area (Å²) >= 11 is 0. The van der Waals surface area contributed by atoms with Crippen LogP contribution in [0.1, 0.15) is 41.4 Å². The Morgan fingerprint density at radius 2 is 1.69 bits per heavy atom. The second-order valence-corrected chi connectivity index (χ2v) is 6.43. The highest BCUT2D eigenvalue weighted by molar-refractivity contribution is 6.02. The molecule has 0 saturated carbocycles. The van der Waals surface area contributed by atoms with E-state index in [1.165, 1.54) is 22.4 Å². The van der Waals surface area contributed by atoms with E-state index in [1.807, 2.05) is 54.6 Å². The molecule has 0 fully saturated rings. The van der Waals surface area contributed by atoms with E-state index in [0.29, 0.717) is 18.2 Å². The molecule has 0 aliphatic carbocycles. The summed E-state index contributed by atoms with van der Waals surface area (Å²) in [4.78, 5) is 24.5. The lowest BCUT2D eigenvalue weighted by molar-refractivity contribution is 0.102. The zero-order valence-corrected chi connectivity index (χ0v) is 14.8. The van der Waals surface area contributed by atoms with Crippen LogP contribution in [0.4, 0.5) is 5.69 Å². The predicted molar refractivity (Wildman–Crippen MR) is 103 cm³/mol. The minimum absolute atomic E-state index is 0.202. The van der Waals surface area contributed by atoms with E-state index in [2.05, 4.69) is 24.3 Å². The van der Waals surface area contributed by atoms with Crippen molar-refractivity contribution in [2.24, 2.45) is 0 Å². The van der Waals surface area contributed by atoms with E-state index in [0.717, 1.165) is 5.56 Å². The predicted octanol–water partition coefficient (Wildman–Crippen LogP) is 3.67. The van der Waals surface area contributed by atoms with Gasteiger partial charge in [-0.25, -0.2) is 4.68 Å². The van der Waals surface area contributed by atoms with Crippen LogP contribution >= 0.6 is 0 Å². The monoisotopic (exact) mass is 347 g/mol. The molecule has 0 bridgehead atoms. The number of carbonyl (C=O) groups is 1. The quantitative estimate of drug-likeness (QED) is 0.766. The second-order valence-electron chi connectivity index (χ2n) is 6.43. The van der Waals surface area contributed by atoms with Crippen LogP contribution < -0.4 is 10.9 Å². The van der Waals surface area contributed by atoms with E-state index in [9.17, 15) is 9.59 Å². The van der Waals surface area contributed by atoms with Crippen LogP contribution in [0.25, 0.3) is 0 Å². The molecule has 0 aliphatic heterocycles. The third kappa shape index (κ3) is 4.25. The van der Waals surface area contributed by atoms with Crippen molar-refractivity contribution in [3.8, 4) is 0 Å². The van der Waals surface area contributed by atoms with E-state index in [-0.39, 0.29) is 17.2 Å². The van der Waals surface area contributed by atoms with Crippen molar-refractivity contribution in [2.45, 2.75) is 26.3 Å². The van der Waals surface area contributed by atoms with Crippen LogP contribution in [-0.2, 0) is 6.54 Å². The molecule has 26 heavy (non-hydrogen) atoms. The van der Waals surface area contributed by atoms with Gasteiger partial charge in [-0.1, -0.05) is 56.3 Å². The molecule has 5 nitrogen and oxygen atoms in total. The highest BCUT2D eigenvalue weighted by atomic mass is 16.2. The molecule has 0 radical (unpaired) electrons. The van der Waals surface area contributed by atoms with E-state index in [1.54, 1.807) is 0 Å². The minimum Gasteiger partial charge on any atom is -0.321 e. The summed E-state index contributed by atoms with van der Waals surface area (Å²) in [6.07, 6.45) is 0. The Balaban J connectivity index is 1.77. The van der Waals surface area contributed by atoms with Crippen LogP contribution in [0.3, 0.4) is 0 Å². The lowest BCUT2D eigenvalue weighted by atomic mass is 10.0. The lowest BCUT2D eigenvalue weighted by Crippen LogP contribution is -2.26. The molecule has 132 valence electrons. The molecule has 1 N–H and O–H groups in total. The summed E-state index contributed by atoms with van der Waals surface area (Å²) in [5.41, 5.74) is 2.81. The van der Waals surface area contributed by atoms with Crippen molar-refractivity contribution in [1.29, 1.82) is 0 Å². The van der Waals surface area contributed by atoms with Crippen molar-refractivity contribution in [3.63, 3.8) is 0 Å². The zero-order chi connectivity index (χ0) is 18.5. The average molecular weight is 347 g/mol. The van der Waals surface area contributed by atoms with Crippen molar-refractivity contribution < 1.29 is 4.79 Å². The molecule has 2 aromatic carbocycles. The number of rotatable bonds is 5. The Kier molecular flexibility index (Phi) is 5.27. The Morgan fingerprint density at radius 3 is 2.35 bits per heavy atom. The topological polar surface area (TPSA) is 64.0 Å². The molecule has 5 heteroatoms. The van der Waals surface area contributed by atoms with Gasteiger partial charge in [-0.2, -0.15) is 5.10 Å². The van der Waals surface area contributed by atoms with E-state index < -0.39 is 0 Å². The van der Waals surface area contributed by atoms with Crippen LogP contribution in [0.15, 0.2) is 71.5 Å². The van der Waals surface area contributed by atoms with Crippen LogP contribution in [-0.4, -0.2) is 15.7 Å². The number of nitrogens with one attached hydrogen (secondary N) is 1. The first kappa shape index (κ1) is 17.6. The molecule has 0 aliphatic rings. The molecule has 0 saturated heterocycles. The summed E-state index contributed by atoms with van der Waals surface area (Å²) in [7, 11) is 0. The number of hydrogen-bond acceptors (Lipinski definition) is 3. The second kappa shape index (κ2) is 7.78. The summed E-state index contributed by atoms with van der Waals surface area (Å²) in [5.74, 6) is 0.0899. The molecule has 0 spiro atoms. The smallest absolute Gasteiger partial charge is 0.276 e. The fraction of sp³-hybridized carbons (Fsp3) is 0.190. The van der Waals surface area contributed by atoms with Gasteiger partial charge in [0.05, 0.1) is 6.54 Å². The lowest BCUT2D eigenvalue weighted by Gasteiger charge is -2.09. The minimum atomic E-state index is -0.343. The zero-order valence-electron chi connectivity index (χ0n) is 14.8. The number of hydrogen-bond donors (Lipinski definition) is 1. The van der Waals surface area contributed by atoms with Gasteiger partial charge in [-0.05, 0) is 35.2 Å². The van der Waals surface area contributed by atoms with Gasteiger partial charge in [0, 0.05) is 11.8 Å². The Hall–Kier alpha value is -3.21. The van der Waals surface area contributed by atoms with Gasteiger partial charge >= 0.3 is 0 Å². The number of amides is 1. The Bertz CT molecular complexity index is 945. The summed E-state index contributed by atoms with van der Waals surface area (Å²) in [6.45, 7) is 4.56. The normalized spacial score (nSPS) is 10.7. The largest absolute Gasteiger partial charge is 0.321 e. The number of benzene rings is 2. The van der Waals surface area contributed by atoms with E-state index in [4.69, 9.17) is 0 Å². The van der Waals surface area contributed by atoms with Crippen LogP contribution in [0, 0.1) is 0 Å². The number of nitrogens with zero attached hydrogens (tertiary/aromatic N) is 2. The standard InChI is InChI=1S/C21H21N3O2/c1-15(2)17-8-10-18(11-9-17)22-21(26)19-12-13-20(25)24(23-19)14-16-6-4-3-5-7-16/h3-13,15H,14H2,1-2H3,(H,22,26). The highest BCUT2D eigenvalue weighted by Gasteiger charge is 2.11. The number of aromatic nitrogens is 2. The van der Waals surface area contributed by atoms with Gasteiger partial charge < -0.3 is 5.32 Å². The number of anilines is 1. The van der Waals surface area contributed by atoms with Gasteiger partial charge in [-0.15, -0.1) is 0 Å². The summed E-state index contributed by atoms with van der Waals surface area (Å²) < 4.78 is 1.30. The molecule has 1 heterocycles. The fourth-order valence-corrected chi connectivity index (χ4v) is 2.59. The molecule has 3 aromatic rings. The first-order valence-corrected chi connectivity index (χ1v) is 8.56. The van der Waals surface area contributed by atoms with Crippen molar-refractivity contribution >= 4 is 11.6 Å². The highest BCUT2D eigenvalue weighted by Crippen LogP contribution is 2.17. The van der Waals surface area contributed by atoms with Gasteiger partial charge in [0.1, 0.15) is 5.69 Å². The van der Waals surface area contributed by atoms with Crippen molar-refractivity contribution in [3.05, 3.63) is 93.9 Å². The third-order valence-electron chi connectivity index (χ3n) is 4.11. The fourth-order valence-electron chi connectivity index (χ4n) is 2.59. The van der Waals surface area contributed by atoms with Gasteiger partial charge in [0.2, 0.25) is 0 Å². The van der Waals surface area contributed by atoms with Crippen LogP contribution in [0.2, 0.25) is 0 Å². The average Bonchev–Trinajstić information content (AvgIpc) is 2.65. The first-order chi connectivity index (χ1) is 12.5. The van der Waals surface area contributed by atoms with Crippen molar-refractivity contribution in [2.75, 3.05) is 5.32 Å². The maximum Gasteiger partial charge on any atom is 0.276 e. The SMILES string of the molecule is CC(C)c1ccc(NC(=O)c2ccc(=O)n(Cc3ccccc3)n2)cc1. The molecule has 1 amide bonds. The maximum atomic E-state index is 12.5. The van der Waals surface area contributed by atoms with Gasteiger partial charge in [-0.3, -0.25) is 9.59 Å². The van der Waals surface area contributed by atoms with Gasteiger partial charge in [0.25, 0.3) is 11.5 Å². The molecular formula is C21H21N3O2. The third-order valence-corrected chi connectivity index (χ3v) is 4.11. The first-order valence-electron chi connectivity index (χ1n) is 8.56. The van der Waals surface area contributed by atoms with Crippen molar-refractivity contribution in [1.82, 2.24) is 9.78 Å². The molecule has 0 unspecified atom stereocenters. The Labute approximate surface area is 152 Å². The molecule has 0 atom stereocenters. The Morgan fingerprint density at radius 1 is 1.00 bits per heavy atom. The maximum absolute atomic E-state index is 12.5. The van der Waals surface area contributed by atoms with Crippen LogP contribution in [0.5, 0.6) is 0 Å². The molecule has 1 aromatic heterocycles. The van der Waals surface area contributed by atoms with Gasteiger partial charge in [0.15, 0.2) is 0 Å². The summed E-state index contributed by atoms with van der Waals surface area (Å²) in [6, 6.07) is 20.1. The number of carbonyl (C=O) groups excluding carboxylic acids is 1. The summed E-state index contributed by atoms with van der Waals surface area (Å²) in [5, 5.41) is 7.02. The molecular weight excluding hydrogens is 326 g/mol. The molecule has 3 rings (SSSR count).